The topological polar surface area (TPSA) is 51.2 Å². The summed E-state index contributed by atoms with van der Waals surface area (Å²) in [6.07, 6.45) is 8.97. The van der Waals surface area contributed by atoms with Crippen LogP contribution in [0.1, 0.15) is 6.92 Å². The molecule has 2 heterocycles. The Balaban J connectivity index is 0.000000686. The van der Waals surface area contributed by atoms with E-state index in [1.807, 2.05) is 6.92 Å². The molecule has 17 heavy (non-hydrogen) atoms. The molecule has 0 spiro atoms. The zero-order valence-electron chi connectivity index (χ0n) is 9.61. The number of hydrogen-bond acceptors (Lipinski definition) is 4. The molecule has 0 aromatic heterocycles. The summed E-state index contributed by atoms with van der Waals surface area (Å²) in [7, 11) is 0. The first-order valence-corrected chi connectivity index (χ1v) is 5.78. The summed E-state index contributed by atoms with van der Waals surface area (Å²) in [6.45, 7) is 1.84. The second-order valence-corrected chi connectivity index (χ2v) is 3.15. The van der Waals surface area contributed by atoms with Crippen molar-refractivity contribution in [2.24, 2.45) is 4.99 Å². The van der Waals surface area contributed by atoms with Crippen LogP contribution in [0.3, 0.4) is 0 Å². The molecular formula is C11H14FN4S+. The van der Waals surface area contributed by atoms with Gasteiger partial charge >= 0.3 is 0 Å². The standard InChI is InChI=1S/C10H10FN4.CH4S/c1-7(15-6-13-5-10(15)12)9-3-2-8(11)4-14-9;1-2/h2-6,12,14H,1H3;2H,1H3/q+1;/b9-7-,12-10?;. The van der Waals surface area contributed by atoms with Crippen LogP contribution in [0.15, 0.2) is 40.6 Å². The largest absolute Gasteiger partial charge is 0.357 e. The second kappa shape index (κ2) is 6.15. The number of hydrogen-bond donors (Lipinski definition) is 3. The van der Waals surface area contributed by atoms with Gasteiger partial charge in [0, 0.05) is 6.20 Å². The fourth-order valence-corrected chi connectivity index (χ4v) is 1.32. The SMILES string of the molecule is C/C(=C1\C=CC(F)=CN1)[N+]1=CN=CC1=N.CS. The molecule has 6 heteroatoms. The van der Waals surface area contributed by atoms with Gasteiger partial charge in [-0.05, 0) is 25.3 Å². The van der Waals surface area contributed by atoms with E-state index < -0.39 is 0 Å². The van der Waals surface area contributed by atoms with Crippen molar-refractivity contribution in [3.63, 3.8) is 0 Å². The van der Waals surface area contributed by atoms with Crippen LogP contribution in [0.25, 0.3) is 0 Å². The Morgan fingerprint density at radius 3 is 2.65 bits per heavy atom. The molecule has 2 N–H and O–H groups in total. The van der Waals surface area contributed by atoms with Gasteiger partial charge in [-0.1, -0.05) is 0 Å². The van der Waals surface area contributed by atoms with Gasteiger partial charge in [-0.3, -0.25) is 0 Å². The lowest BCUT2D eigenvalue weighted by Crippen LogP contribution is -2.20. The number of rotatable bonds is 1. The van der Waals surface area contributed by atoms with Gasteiger partial charge in [0.1, 0.15) is 11.5 Å². The van der Waals surface area contributed by atoms with E-state index in [-0.39, 0.29) is 5.83 Å². The fraction of sp³-hybridized carbons (Fsp3) is 0.182. The van der Waals surface area contributed by atoms with Crippen LogP contribution in [0.4, 0.5) is 4.39 Å². The summed E-state index contributed by atoms with van der Waals surface area (Å²) >= 11 is 3.53. The third kappa shape index (κ3) is 3.13. The van der Waals surface area contributed by atoms with Crippen molar-refractivity contribution in [2.75, 3.05) is 6.26 Å². The molecule has 90 valence electrons. The van der Waals surface area contributed by atoms with E-state index in [0.717, 1.165) is 11.4 Å². The summed E-state index contributed by atoms with van der Waals surface area (Å²) in [4.78, 5) is 3.85. The Labute approximate surface area is 105 Å². The highest BCUT2D eigenvalue weighted by molar-refractivity contribution is 7.79. The van der Waals surface area contributed by atoms with Crippen LogP contribution in [0, 0.1) is 5.41 Å². The number of amidine groups is 1. The maximum Gasteiger partial charge on any atom is 0.294 e. The first kappa shape index (κ1) is 13.4. The Morgan fingerprint density at radius 1 is 1.47 bits per heavy atom. The van der Waals surface area contributed by atoms with Gasteiger partial charge in [0.2, 0.25) is 6.34 Å². The summed E-state index contributed by atoms with van der Waals surface area (Å²) in [6, 6.07) is 0. The first-order chi connectivity index (χ1) is 8.18. The quantitative estimate of drug-likeness (QED) is 0.485. The highest BCUT2D eigenvalue weighted by Crippen LogP contribution is 2.12. The van der Waals surface area contributed by atoms with Gasteiger partial charge in [-0.2, -0.15) is 22.6 Å². The van der Waals surface area contributed by atoms with Crippen LogP contribution >= 0.6 is 12.6 Å². The van der Waals surface area contributed by atoms with Crippen LogP contribution in [-0.4, -0.2) is 29.2 Å². The van der Waals surface area contributed by atoms with Crippen molar-refractivity contribution in [3.8, 4) is 0 Å². The van der Waals surface area contributed by atoms with Gasteiger partial charge in [0.25, 0.3) is 5.84 Å². The monoisotopic (exact) mass is 253 g/mol. The summed E-state index contributed by atoms with van der Waals surface area (Å²) in [5.41, 5.74) is 1.56. The summed E-state index contributed by atoms with van der Waals surface area (Å²) in [5, 5.41) is 10.4. The zero-order chi connectivity index (χ0) is 12.8. The highest BCUT2D eigenvalue weighted by Gasteiger charge is 2.18. The molecule has 2 rings (SSSR count). The molecular weight excluding hydrogens is 239 g/mol. The second-order valence-electron chi connectivity index (χ2n) is 3.15. The highest BCUT2D eigenvalue weighted by atomic mass is 32.1. The Kier molecular flexibility index (Phi) is 4.84. The minimum Gasteiger partial charge on any atom is -0.357 e. The van der Waals surface area contributed by atoms with Gasteiger partial charge < -0.3 is 5.32 Å². The molecule has 0 aromatic carbocycles. The summed E-state index contributed by atoms with van der Waals surface area (Å²) < 4.78 is 14.3. The van der Waals surface area contributed by atoms with Crippen molar-refractivity contribution in [2.45, 2.75) is 6.92 Å². The van der Waals surface area contributed by atoms with E-state index in [1.165, 1.54) is 18.5 Å². The van der Waals surface area contributed by atoms with Crippen LogP contribution in [-0.2, 0) is 0 Å². The third-order valence-corrected chi connectivity index (χ3v) is 2.16. The molecule has 0 aromatic rings. The molecule has 0 unspecified atom stereocenters. The van der Waals surface area contributed by atoms with Crippen molar-refractivity contribution < 1.29 is 8.97 Å². The van der Waals surface area contributed by atoms with Crippen LogP contribution in [0.2, 0.25) is 0 Å². The molecule has 0 saturated heterocycles. The predicted molar refractivity (Wildman–Crippen MR) is 71.6 cm³/mol. The lowest BCUT2D eigenvalue weighted by atomic mass is 10.2. The Morgan fingerprint density at radius 2 is 2.18 bits per heavy atom. The molecule has 4 nitrogen and oxygen atoms in total. The first-order valence-electron chi connectivity index (χ1n) is 4.88. The van der Waals surface area contributed by atoms with Crippen molar-refractivity contribution in [1.29, 1.82) is 5.41 Å². The van der Waals surface area contributed by atoms with E-state index in [9.17, 15) is 4.39 Å². The Bertz CT molecular complexity index is 472. The third-order valence-electron chi connectivity index (χ3n) is 2.16. The molecule has 2 aliphatic rings. The van der Waals surface area contributed by atoms with Crippen LogP contribution < -0.4 is 5.32 Å². The molecule has 0 saturated carbocycles. The van der Waals surface area contributed by atoms with Gasteiger partial charge in [0.05, 0.1) is 5.70 Å². The molecule has 0 atom stereocenters. The molecule has 0 radical (unpaired) electrons. The maximum atomic E-state index is 12.7. The minimum absolute atomic E-state index is 0.297. The van der Waals surface area contributed by atoms with Crippen LogP contribution in [0.5, 0.6) is 0 Å². The number of nitrogens with one attached hydrogen (secondary N) is 2. The van der Waals surface area contributed by atoms with Crippen molar-refractivity contribution in [3.05, 3.63) is 35.6 Å². The zero-order valence-corrected chi connectivity index (χ0v) is 10.5. The fourth-order valence-electron chi connectivity index (χ4n) is 1.32. The van der Waals surface area contributed by atoms with E-state index in [2.05, 4.69) is 22.9 Å². The number of nitrogens with zero attached hydrogens (tertiary/aromatic N) is 2. The number of dihydropyridines is 1. The maximum absolute atomic E-state index is 12.7. The predicted octanol–water partition coefficient (Wildman–Crippen LogP) is 1.84. The lowest BCUT2D eigenvalue weighted by molar-refractivity contribution is -0.339. The minimum atomic E-state index is -0.316. The van der Waals surface area contributed by atoms with Gasteiger partial charge in [-0.15, -0.1) is 4.99 Å². The summed E-state index contributed by atoms with van der Waals surface area (Å²) in [5.74, 6) is -0.0199. The average molecular weight is 253 g/mol. The molecule has 2 aliphatic heterocycles. The number of aliphatic imine (C=N–C) groups is 1. The smallest absolute Gasteiger partial charge is 0.294 e. The Hall–Kier alpha value is -1.69. The average Bonchev–Trinajstić information content (AvgIpc) is 2.78. The molecule has 0 bridgehead atoms. The number of allylic oxidation sites excluding steroid dienone is 4. The van der Waals surface area contributed by atoms with E-state index in [1.54, 1.807) is 23.2 Å². The van der Waals surface area contributed by atoms with Gasteiger partial charge in [-0.25, -0.2) is 4.39 Å². The van der Waals surface area contributed by atoms with E-state index >= 15 is 0 Å². The molecule has 0 fully saturated rings. The van der Waals surface area contributed by atoms with Crippen molar-refractivity contribution >= 4 is 31.0 Å². The van der Waals surface area contributed by atoms with Crippen molar-refractivity contribution in [1.82, 2.24) is 5.32 Å². The van der Waals surface area contributed by atoms with E-state index in [4.69, 9.17) is 5.41 Å². The van der Waals surface area contributed by atoms with E-state index in [0.29, 0.717) is 5.84 Å². The number of halogens is 1. The molecule has 0 aliphatic carbocycles. The molecule has 0 amide bonds. The number of thiol groups is 1. The van der Waals surface area contributed by atoms with Gasteiger partial charge in [0.15, 0.2) is 6.21 Å². The normalized spacial score (nSPS) is 20.1. The lowest BCUT2D eigenvalue weighted by Gasteiger charge is -2.10.